The van der Waals surface area contributed by atoms with E-state index in [4.69, 9.17) is 9.62 Å². The Morgan fingerprint density at radius 1 is 1.00 bits per heavy atom. The lowest BCUT2D eigenvalue weighted by Gasteiger charge is -2.61. The van der Waals surface area contributed by atoms with Gasteiger partial charge in [-0.25, -0.2) is 9.68 Å². The van der Waals surface area contributed by atoms with E-state index in [0.29, 0.717) is 17.8 Å². The van der Waals surface area contributed by atoms with Crippen LogP contribution in [-0.4, -0.2) is 55.8 Å². The Balaban J connectivity index is 1.86. The van der Waals surface area contributed by atoms with E-state index >= 15 is 0 Å². The van der Waals surface area contributed by atoms with Gasteiger partial charge in [-0.3, -0.25) is 5.26 Å². The fourth-order valence-electron chi connectivity index (χ4n) is 6.93. The zero-order valence-electron chi connectivity index (χ0n) is 19.4. The molecule has 1 N–H and O–H groups in total. The second kappa shape index (κ2) is 9.40. The molecule has 0 radical (unpaired) electrons. The first kappa shape index (κ1) is 27.5. The van der Waals surface area contributed by atoms with Gasteiger partial charge in [0.15, 0.2) is 0 Å². The molecular weight excluding hydrogens is 474 g/mol. The number of esters is 1. The number of ether oxygens (including phenoxy) is 3. The molecule has 4 fully saturated rings. The van der Waals surface area contributed by atoms with Gasteiger partial charge in [-0.1, -0.05) is 13.8 Å². The molecule has 4 aliphatic carbocycles. The van der Waals surface area contributed by atoms with E-state index in [0.717, 1.165) is 45.6 Å². The quantitative estimate of drug-likeness (QED) is 0.139. The number of carbonyl (C=O) groups is 1. The van der Waals surface area contributed by atoms with E-state index in [1.54, 1.807) is 13.8 Å². The van der Waals surface area contributed by atoms with Crippen LogP contribution in [0, 0.1) is 28.6 Å². The molecule has 0 spiro atoms. The Kier molecular flexibility index (Phi) is 7.60. The molecule has 12 heteroatoms. The number of hydrogen-bond acceptors (Lipinski definition) is 6. The molecule has 2 unspecified atom stereocenters. The van der Waals surface area contributed by atoms with Crippen molar-refractivity contribution in [2.45, 2.75) is 82.9 Å². The van der Waals surface area contributed by atoms with Crippen molar-refractivity contribution in [1.29, 1.82) is 0 Å². The third-order valence-electron chi connectivity index (χ3n) is 8.20. The Labute approximate surface area is 194 Å². The third-order valence-corrected chi connectivity index (χ3v) is 8.20. The van der Waals surface area contributed by atoms with Crippen LogP contribution in [0.4, 0.5) is 26.3 Å². The predicted molar refractivity (Wildman–Crippen MR) is 105 cm³/mol. The second-order valence-corrected chi connectivity index (χ2v) is 10.6. The fourth-order valence-corrected chi connectivity index (χ4v) is 6.93. The van der Waals surface area contributed by atoms with Gasteiger partial charge in [0.25, 0.3) is 0 Å². The molecule has 4 bridgehead atoms. The van der Waals surface area contributed by atoms with E-state index in [-0.39, 0.29) is 6.42 Å². The van der Waals surface area contributed by atoms with Crippen LogP contribution in [0.25, 0.3) is 0 Å². The zero-order chi connectivity index (χ0) is 25.6. The SMILES string of the molecule is CCC(C)(COC(=O)C(OCOC)(C(F)(F)F)C(F)(F)F)C(OO)C12CC3CC(CC(C3)C1)C2. The Bertz CT molecular complexity index is 689. The van der Waals surface area contributed by atoms with Crippen molar-refractivity contribution < 1.29 is 55.5 Å². The molecule has 34 heavy (non-hydrogen) atoms. The van der Waals surface area contributed by atoms with Crippen molar-refractivity contribution in [2.24, 2.45) is 28.6 Å². The summed E-state index contributed by atoms with van der Waals surface area (Å²) in [4.78, 5) is 17.4. The molecule has 0 saturated heterocycles. The van der Waals surface area contributed by atoms with Crippen molar-refractivity contribution >= 4 is 5.97 Å². The Morgan fingerprint density at radius 3 is 1.82 bits per heavy atom. The van der Waals surface area contributed by atoms with Crippen LogP contribution in [0.1, 0.15) is 58.8 Å². The van der Waals surface area contributed by atoms with E-state index < -0.39 is 54.3 Å². The third kappa shape index (κ3) is 4.55. The molecule has 198 valence electrons. The summed E-state index contributed by atoms with van der Waals surface area (Å²) in [6, 6.07) is 0. The summed E-state index contributed by atoms with van der Waals surface area (Å²) in [5, 5.41) is 9.91. The number of methoxy groups -OCH3 is 1. The summed E-state index contributed by atoms with van der Waals surface area (Å²) < 4.78 is 94.5. The highest BCUT2D eigenvalue weighted by Crippen LogP contribution is 2.64. The molecular formula is C22H32F6O6. The molecule has 4 saturated carbocycles. The van der Waals surface area contributed by atoms with Gasteiger partial charge in [0, 0.05) is 17.9 Å². The summed E-state index contributed by atoms with van der Waals surface area (Å²) in [5.74, 6) is -1.30. The number of halogens is 6. The highest BCUT2D eigenvalue weighted by atomic mass is 19.4. The van der Waals surface area contributed by atoms with Gasteiger partial charge in [0.1, 0.15) is 12.9 Å². The molecule has 4 rings (SSSR count). The maximum Gasteiger partial charge on any atom is 0.437 e. The topological polar surface area (TPSA) is 74.2 Å². The molecule has 2 atom stereocenters. The van der Waals surface area contributed by atoms with E-state index in [2.05, 4.69) is 9.47 Å². The van der Waals surface area contributed by atoms with Crippen LogP contribution >= 0.6 is 0 Å². The molecule has 0 amide bonds. The number of hydrogen-bond donors (Lipinski definition) is 1. The van der Waals surface area contributed by atoms with Crippen LogP contribution in [-0.2, 0) is 23.9 Å². The number of rotatable bonds is 10. The minimum Gasteiger partial charge on any atom is -0.462 e. The van der Waals surface area contributed by atoms with Crippen molar-refractivity contribution in [3.05, 3.63) is 0 Å². The average molecular weight is 506 g/mol. The van der Waals surface area contributed by atoms with Crippen molar-refractivity contribution in [1.82, 2.24) is 0 Å². The largest absolute Gasteiger partial charge is 0.462 e. The van der Waals surface area contributed by atoms with Gasteiger partial charge >= 0.3 is 23.9 Å². The highest BCUT2D eigenvalue weighted by molar-refractivity contribution is 5.82. The fraction of sp³-hybridized carbons (Fsp3) is 0.955. The average Bonchev–Trinajstić information content (AvgIpc) is 2.70. The molecule has 0 aliphatic heterocycles. The van der Waals surface area contributed by atoms with E-state index in [1.165, 1.54) is 0 Å². The van der Waals surface area contributed by atoms with Gasteiger partial charge in [0.05, 0.1) is 6.61 Å². The van der Waals surface area contributed by atoms with E-state index in [9.17, 15) is 36.4 Å². The Hall–Kier alpha value is -1.11. The van der Waals surface area contributed by atoms with Crippen LogP contribution in [0.5, 0.6) is 0 Å². The predicted octanol–water partition coefficient (Wildman–Crippen LogP) is 5.50. The molecule has 6 nitrogen and oxygen atoms in total. The highest BCUT2D eigenvalue weighted by Gasteiger charge is 2.79. The number of alkyl halides is 6. The summed E-state index contributed by atoms with van der Waals surface area (Å²) in [5.41, 5.74) is -6.92. The lowest BCUT2D eigenvalue weighted by Crippen LogP contribution is -2.65. The second-order valence-electron chi connectivity index (χ2n) is 10.6. The smallest absolute Gasteiger partial charge is 0.437 e. The molecule has 0 aromatic carbocycles. The first-order valence-corrected chi connectivity index (χ1v) is 11.4. The van der Waals surface area contributed by atoms with Crippen LogP contribution in [0.3, 0.4) is 0 Å². The van der Waals surface area contributed by atoms with Crippen molar-refractivity contribution in [2.75, 3.05) is 20.5 Å². The van der Waals surface area contributed by atoms with E-state index in [1.807, 2.05) is 0 Å². The van der Waals surface area contributed by atoms with Crippen molar-refractivity contribution in [3.63, 3.8) is 0 Å². The summed E-state index contributed by atoms with van der Waals surface area (Å²) in [6.07, 6.45) is -7.58. The van der Waals surface area contributed by atoms with Crippen LogP contribution in [0.15, 0.2) is 0 Å². The maximum atomic E-state index is 13.6. The van der Waals surface area contributed by atoms with Crippen molar-refractivity contribution in [3.8, 4) is 0 Å². The van der Waals surface area contributed by atoms with Gasteiger partial charge in [-0.05, 0) is 62.7 Å². The maximum absolute atomic E-state index is 13.6. The van der Waals surface area contributed by atoms with Gasteiger partial charge in [-0.2, -0.15) is 26.3 Å². The van der Waals surface area contributed by atoms with Gasteiger partial charge in [-0.15, -0.1) is 0 Å². The molecule has 0 aromatic rings. The first-order chi connectivity index (χ1) is 15.7. The van der Waals surface area contributed by atoms with Gasteiger partial charge < -0.3 is 14.2 Å². The monoisotopic (exact) mass is 506 g/mol. The van der Waals surface area contributed by atoms with Gasteiger partial charge in [0.2, 0.25) is 0 Å². The number of carbonyl (C=O) groups excluding carboxylic acids is 1. The summed E-state index contributed by atoms with van der Waals surface area (Å²) in [7, 11) is 0.825. The standard InChI is InChI=1S/C22H32F6O6/c1-4-18(2,16(34-30)19-8-13-5-14(9-19)7-15(6-13)10-19)11-32-17(29)20(21(23,24)25,22(26,27)28)33-12-31-3/h13-16,30H,4-12H2,1-3H3. The Morgan fingerprint density at radius 2 is 1.47 bits per heavy atom. The molecule has 4 aliphatic rings. The zero-order valence-corrected chi connectivity index (χ0v) is 19.4. The normalized spacial score (nSPS) is 31.9. The molecule has 0 heterocycles. The summed E-state index contributed by atoms with van der Waals surface area (Å²) >= 11 is 0. The minimum absolute atomic E-state index is 0.178. The van der Waals surface area contributed by atoms with Crippen LogP contribution in [0.2, 0.25) is 0 Å². The minimum atomic E-state index is -6.16. The lowest BCUT2D eigenvalue weighted by molar-refractivity contribution is -0.381. The summed E-state index contributed by atoms with van der Waals surface area (Å²) in [6.45, 7) is 0.940. The first-order valence-electron chi connectivity index (χ1n) is 11.4. The molecule has 0 aromatic heterocycles. The lowest BCUT2D eigenvalue weighted by atomic mass is 9.46. The van der Waals surface area contributed by atoms with Crippen LogP contribution < -0.4 is 0 Å².